The summed E-state index contributed by atoms with van der Waals surface area (Å²) in [6.45, 7) is 3.53. The van der Waals surface area contributed by atoms with Crippen molar-refractivity contribution in [1.82, 2.24) is 0 Å². The predicted octanol–water partition coefficient (Wildman–Crippen LogP) is 4.16. The van der Waals surface area contributed by atoms with E-state index in [1.54, 1.807) is 0 Å². The fourth-order valence-electron chi connectivity index (χ4n) is 5.15. The lowest BCUT2D eigenvalue weighted by molar-refractivity contribution is -0.306. The highest BCUT2D eigenvalue weighted by molar-refractivity contribution is 5.68. The monoisotopic (exact) mass is 562 g/mol. The van der Waals surface area contributed by atoms with E-state index >= 15 is 0 Å². The van der Waals surface area contributed by atoms with Crippen molar-refractivity contribution in [2.24, 2.45) is 0 Å². The highest BCUT2D eigenvalue weighted by atomic mass is 16.7. The van der Waals surface area contributed by atoms with Crippen molar-refractivity contribution in [2.45, 2.75) is 57.1 Å². The van der Waals surface area contributed by atoms with Gasteiger partial charge in [0.1, 0.15) is 11.7 Å². The van der Waals surface area contributed by atoms with Gasteiger partial charge in [-0.3, -0.25) is 14.4 Å². The van der Waals surface area contributed by atoms with Crippen molar-refractivity contribution in [1.29, 1.82) is 0 Å². The Hall–Kier alpha value is -4.05. The van der Waals surface area contributed by atoms with Crippen molar-refractivity contribution >= 4 is 17.9 Å². The van der Waals surface area contributed by atoms with Crippen LogP contribution in [0.25, 0.3) is 0 Å². The highest BCUT2D eigenvalue weighted by Crippen LogP contribution is 2.41. The van der Waals surface area contributed by atoms with Crippen LogP contribution in [0.4, 0.5) is 0 Å². The Labute approximate surface area is 239 Å². The van der Waals surface area contributed by atoms with Crippen LogP contribution in [0.3, 0.4) is 0 Å². The summed E-state index contributed by atoms with van der Waals surface area (Å²) in [5, 5.41) is 0. The van der Waals surface area contributed by atoms with Crippen molar-refractivity contribution in [3.05, 3.63) is 108 Å². The second-order valence-electron chi connectivity index (χ2n) is 9.59. The number of hydrogen-bond donors (Lipinski definition) is 0. The number of rotatable bonds is 10. The molecular weight excluding hydrogens is 528 g/mol. The Morgan fingerprint density at radius 3 is 1.41 bits per heavy atom. The molecule has 0 aliphatic carbocycles. The lowest BCUT2D eigenvalue weighted by Crippen LogP contribution is -2.63. The first kappa shape index (κ1) is 29.9. The number of ether oxygens (including phenoxy) is 6. The van der Waals surface area contributed by atoms with Crippen LogP contribution >= 0.6 is 0 Å². The smallest absolute Gasteiger partial charge is 0.303 e. The molecule has 1 aliphatic rings. The van der Waals surface area contributed by atoms with Crippen LogP contribution < -0.4 is 0 Å². The molecule has 216 valence electrons. The van der Waals surface area contributed by atoms with Gasteiger partial charge in [0, 0.05) is 27.9 Å². The Morgan fingerprint density at radius 1 is 0.634 bits per heavy atom. The molecule has 3 aromatic rings. The van der Waals surface area contributed by atoms with Gasteiger partial charge in [-0.1, -0.05) is 91.0 Å². The van der Waals surface area contributed by atoms with Crippen molar-refractivity contribution in [3.63, 3.8) is 0 Å². The molecule has 5 atom stereocenters. The zero-order chi connectivity index (χ0) is 29.4. The van der Waals surface area contributed by atoms with E-state index in [2.05, 4.69) is 0 Å². The van der Waals surface area contributed by atoms with E-state index in [-0.39, 0.29) is 6.61 Å². The van der Waals surface area contributed by atoms with E-state index in [0.29, 0.717) is 0 Å². The van der Waals surface area contributed by atoms with Crippen LogP contribution in [-0.4, -0.2) is 62.3 Å². The minimum absolute atomic E-state index is 0.124. The molecule has 0 saturated carbocycles. The zero-order valence-electron chi connectivity index (χ0n) is 23.4. The van der Waals surface area contributed by atoms with Gasteiger partial charge in [-0.15, -0.1) is 0 Å². The summed E-state index contributed by atoms with van der Waals surface area (Å²) in [5.41, 5.74) is 1.47. The van der Waals surface area contributed by atoms with Gasteiger partial charge in [-0.25, -0.2) is 0 Å². The van der Waals surface area contributed by atoms with Crippen LogP contribution in [-0.2, 0) is 48.4 Å². The first-order chi connectivity index (χ1) is 19.8. The van der Waals surface area contributed by atoms with Gasteiger partial charge in [0.25, 0.3) is 0 Å². The van der Waals surface area contributed by atoms with E-state index in [0.717, 1.165) is 16.7 Å². The SMILES string of the molecule is CO[C@H]1O[C@@H](COC(c2ccccc2)(c2ccccc2)c2ccccc2)[C@@H](OC(C)=O)[C@@H](OC(C)=O)[C@@H]1OC(C)=O. The fourth-order valence-corrected chi connectivity index (χ4v) is 5.15. The van der Waals surface area contributed by atoms with Gasteiger partial charge < -0.3 is 28.4 Å². The van der Waals surface area contributed by atoms with E-state index in [1.807, 2.05) is 91.0 Å². The molecule has 1 aliphatic heterocycles. The Kier molecular flexibility index (Phi) is 9.88. The largest absolute Gasteiger partial charge is 0.456 e. The summed E-state index contributed by atoms with van der Waals surface area (Å²) in [7, 11) is 1.37. The minimum atomic E-state index is -1.22. The van der Waals surface area contributed by atoms with Gasteiger partial charge in [0.15, 0.2) is 24.6 Å². The Bertz CT molecular complexity index is 1200. The number of hydrogen-bond acceptors (Lipinski definition) is 9. The van der Waals surface area contributed by atoms with Crippen molar-refractivity contribution in [2.75, 3.05) is 13.7 Å². The van der Waals surface area contributed by atoms with Crippen LogP contribution in [0, 0.1) is 0 Å². The third-order valence-electron chi connectivity index (χ3n) is 6.73. The second kappa shape index (κ2) is 13.5. The minimum Gasteiger partial charge on any atom is -0.456 e. The summed E-state index contributed by atoms with van der Waals surface area (Å²) < 4.78 is 35.2. The van der Waals surface area contributed by atoms with Crippen LogP contribution in [0.2, 0.25) is 0 Å². The Morgan fingerprint density at radius 2 is 1.02 bits per heavy atom. The molecule has 1 saturated heterocycles. The first-order valence-corrected chi connectivity index (χ1v) is 13.3. The van der Waals surface area contributed by atoms with Crippen LogP contribution in [0.15, 0.2) is 91.0 Å². The normalized spacial score (nSPS) is 22.4. The number of carbonyl (C=O) groups excluding carboxylic acids is 3. The Balaban J connectivity index is 1.80. The third kappa shape index (κ3) is 6.82. The molecule has 0 aromatic heterocycles. The molecule has 0 amide bonds. The quantitative estimate of drug-likeness (QED) is 0.205. The van der Waals surface area contributed by atoms with Gasteiger partial charge >= 0.3 is 17.9 Å². The maximum Gasteiger partial charge on any atom is 0.303 e. The van der Waals surface area contributed by atoms with Gasteiger partial charge in [0.05, 0.1) is 6.61 Å². The zero-order valence-corrected chi connectivity index (χ0v) is 23.4. The highest BCUT2D eigenvalue weighted by Gasteiger charge is 2.53. The molecule has 0 radical (unpaired) electrons. The molecule has 0 N–H and O–H groups in total. The number of benzene rings is 3. The lowest BCUT2D eigenvalue weighted by atomic mass is 9.80. The molecule has 1 fully saturated rings. The van der Waals surface area contributed by atoms with Gasteiger partial charge in [-0.05, 0) is 16.7 Å². The first-order valence-electron chi connectivity index (χ1n) is 13.3. The molecule has 9 heteroatoms. The topological polar surface area (TPSA) is 107 Å². The summed E-state index contributed by atoms with van der Waals surface area (Å²) >= 11 is 0. The van der Waals surface area contributed by atoms with Gasteiger partial charge in [-0.2, -0.15) is 0 Å². The molecule has 0 unspecified atom stereocenters. The van der Waals surface area contributed by atoms with E-state index in [1.165, 1.54) is 27.9 Å². The molecule has 3 aromatic carbocycles. The number of esters is 3. The summed E-state index contributed by atoms with van der Waals surface area (Å²) in [6, 6.07) is 29.2. The number of carbonyl (C=O) groups is 3. The summed E-state index contributed by atoms with van der Waals surface area (Å²) in [5.74, 6) is -1.95. The van der Waals surface area contributed by atoms with E-state index in [9.17, 15) is 14.4 Å². The molecule has 4 rings (SSSR count). The molecule has 0 spiro atoms. The standard InChI is InChI=1S/C32H34O9/c1-21(33)38-28-27(41-31(36-4)30(40-23(3)35)29(28)39-22(2)34)20-37-32(24-14-8-5-9-15-24,25-16-10-6-11-17-25)26-18-12-7-13-19-26/h5-19,27-31H,20H2,1-4H3/t27-,28+,29+,30-,31-/m0/s1. The average Bonchev–Trinajstić information content (AvgIpc) is 2.97. The fraction of sp³-hybridized carbons (Fsp3) is 0.344. The predicted molar refractivity (Wildman–Crippen MR) is 147 cm³/mol. The average molecular weight is 563 g/mol. The second-order valence-corrected chi connectivity index (χ2v) is 9.59. The van der Waals surface area contributed by atoms with Crippen molar-refractivity contribution < 1.29 is 42.8 Å². The number of methoxy groups -OCH3 is 1. The van der Waals surface area contributed by atoms with Crippen LogP contribution in [0.5, 0.6) is 0 Å². The molecule has 1 heterocycles. The van der Waals surface area contributed by atoms with E-state index < -0.39 is 54.2 Å². The molecular formula is C32H34O9. The maximum absolute atomic E-state index is 12.2. The summed E-state index contributed by atoms with van der Waals surface area (Å²) in [6.07, 6.45) is -5.69. The van der Waals surface area contributed by atoms with E-state index in [4.69, 9.17) is 28.4 Å². The van der Waals surface area contributed by atoms with Crippen molar-refractivity contribution in [3.8, 4) is 0 Å². The molecule has 41 heavy (non-hydrogen) atoms. The van der Waals surface area contributed by atoms with Gasteiger partial charge in [0.2, 0.25) is 0 Å². The third-order valence-corrected chi connectivity index (χ3v) is 6.73. The van der Waals surface area contributed by atoms with Crippen LogP contribution in [0.1, 0.15) is 37.5 Å². The lowest BCUT2D eigenvalue weighted by Gasteiger charge is -2.45. The molecule has 9 nitrogen and oxygen atoms in total. The maximum atomic E-state index is 12.2. The molecule has 0 bridgehead atoms. The summed E-state index contributed by atoms with van der Waals surface area (Å²) in [4.78, 5) is 36.3.